The van der Waals surface area contributed by atoms with Gasteiger partial charge in [0.1, 0.15) is 17.5 Å². The van der Waals surface area contributed by atoms with Crippen LogP contribution in [0.3, 0.4) is 0 Å². The van der Waals surface area contributed by atoms with Crippen molar-refractivity contribution in [2.24, 2.45) is 0 Å². The first kappa shape index (κ1) is 29.5. The third-order valence-corrected chi connectivity index (χ3v) is 10.5. The van der Waals surface area contributed by atoms with E-state index in [1.54, 1.807) is 30.9 Å². The third-order valence-electron chi connectivity index (χ3n) is 8.51. The standard InChI is InChI=1S/C30H36N10O4S/c1-30(41)7-4-21(5-8-30)36-24-14-27(33-16-23(24)25-17-34-28(18-32-25)39-10-12-44-13-11-39)37-26-6-9-31-29(38-26)20-15-35-40(19-20)45(42,43)22-2-3-22/h6,9,14-19,21-22,41H,2-5,7-8,10-13H2,1H3,(H2,31,33,36,37,38). The Hall–Kier alpha value is -4.21. The molecule has 0 bridgehead atoms. The number of morpholine rings is 1. The van der Waals surface area contributed by atoms with Crippen LogP contribution in [0.25, 0.3) is 22.6 Å². The van der Waals surface area contributed by atoms with Gasteiger partial charge in [0.2, 0.25) is 0 Å². The van der Waals surface area contributed by atoms with Gasteiger partial charge in [0.25, 0.3) is 10.0 Å². The van der Waals surface area contributed by atoms with E-state index in [9.17, 15) is 13.5 Å². The van der Waals surface area contributed by atoms with Gasteiger partial charge in [0, 0.05) is 48.8 Å². The van der Waals surface area contributed by atoms with E-state index in [2.05, 4.69) is 40.6 Å². The van der Waals surface area contributed by atoms with Crippen LogP contribution in [-0.2, 0) is 14.8 Å². The zero-order valence-corrected chi connectivity index (χ0v) is 25.8. The van der Waals surface area contributed by atoms with Gasteiger partial charge in [-0.1, -0.05) is 0 Å². The first-order chi connectivity index (χ1) is 21.7. The molecule has 0 radical (unpaired) electrons. The van der Waals surface area contributed by atoms with Crippen LogP contribution < -0.4 is 15.5 Å². The van der Waals surface area contributed by atoms with Crippen molar-refractivity contribution in [3.05, 3.63) is 49.3 Å². The molecule has 3 fully saturated rings. The molecule has 3 aliphatic rings. The summed E-state index contributed by atoms with van der Waals surface area (Å²) in [5.74, 6) is 2.20. The van der Waals surface area contributed by atoms with E-state index in [0.29, 0.717) is 67.6 Å². The van der Waals surface area contributed by atoms with Gasteiger partial charge in [-0.05, 0) is 51.5 Å². The molecule has 236 valence electrons. The molecule has 0 spiro atoms. The molecule has 0 unspecified atom stereocenters. The number of aromatic nitrogens is 7. The van der Waals surface area contributed by atoms with Gasteiger partial charge in [0.05, 0.1) is 60.1 Å². The number of hydrogen-bond acceptors (Lipinski definition) is 13. The van der Waals surface area contributed by atoms with Crippen molar-refractivity contribution in [3.63, 3.8) is 0 Å². The fourth-order valence-electron chi connectivity index (χ4n) is 5.64. The smallest absolute Gasteiger partial charge is 0.256 e. The lowest BCUT2D eigenvalue weighted by Gasteiger charge is -2.34. The average molecular weight is 633 g/mol. The van der Waals surface area contributed by atoms with E-state index in [4.69, 9.17) is 9.72 Å². The van der Waals surface area contributed by atoms with E-state index in [0.717, 1.165) is 47.1 Å². The molecule has 2 aliphatic carbocycles. The number of rotatable bonds is 9. The molecule has 15 heteroatoms. The maximum absolute atomic E-state index is 12.6. The zero-order valence-electron chi connectivity index (χ0n) is 25.0. The fraction of sp³-hybridized carbons (Fsp3) is 0.467. The molecule has 2 saturated carbocycles. The van der Waals surface area contributed by atoms with Crippen molar-refractivity contribution in [3.8, 4) is 22.6 Å². The molecule has 14 nitrogen and oxygen atoms in total. The first-order valence-corrected chi connectivity index (χ1v) is 16.8. The highest BCUT2D eigenvalue weighted by Gasteiger charge is 2.37. The number of hydrogen-bond donors (Lipinski definition) is 3. The van der Waals surface area contributed by atoms with Crippen molar-refractivity contribution in [2.45, 2.75) is 62.3 Å². The Labute approximate surface area is 261 Å². The van der Waals surface area contributed by atoms with Crippen molar-refractivity contribution < 1.29 is 18.3 Å². The molecule has 4 aromatic rings. The van der Waals surface area contributed by atoms with Crippen LogP contribution >= 0.6 is 0 Å². The van der Waals surface area contributed by atoms with Gasteiger partial charge < -0.3 is 25.4 Å². The van der Waals surface area contributed by atoms with Crippen molar-refractivity contribution in [2.75, 3.05) is 41.8 Å². The molecule has 0 atom stereocenters. The summed E-state index contributed by atoms with van der Waals surface area (Å²) < 4.78 is 31.6. The minimum Gasteiger partial charge on any atom is -0.390 e. The molecule has 5 heterocycles. The number of anilines is 4. The van der Waals surface area contributed by atoms with Crippen LogP contribution in [0.1, 0.15) is 45.4 Å². The van der Waals surface area contributed by atoms with Gasteiger partial charge in [-0.2, -0.15) is 9.19 Å². The molecule has 3 N–H and O–H groups in total. The van der Waals surface area contributed by atoms with Gasteiger partial charge in [-0.15, -0.1) is 0 Å². The van der Waals surface area contributed by atoms with Crippen LogP contribution in [0.15, 0.2) is 49.3 Å². The minimum atomic E-state index is -3.48. The average Bonchev–Trinajstić information content (AvgIpc) is 3.80. The number of nitrogens with one attached hydrogen (secondary N) is 2. The Kier molecular flexibility index (Phi) is 7.83. The first-order valence-electron chi connectivity index (χ1n) is 15.3. The lowest BCUT2D eigenvalue weighted by Crippen LogP contribution is -2.36. The highest BCUT2D eigenvalue weighted by atomic mass is 32.2. The maximum Gasteiger partial charge on any atom is 0.256 e. The summed E-state index contributed by atoms with van der Waals surface area (Å²) >= 11 is 0. The van der Waals surface area contributed by atoms with Crippen LogP contribution in [0, 0.1) is 0 Å². The highest BCUT2D eigenvalue weighted by molar-refractivity contribution is 7.90. The molecule has 45 heavy (non-hydrogen) atoms. The topological polar surface area (TPSA) is 173 Å². The number of nitrogens with zero attached hydrogens (tertiary/aromatic N) is 8. The molecule has 1 aliphatic heterocycles. The van der Waals surface area contributed by atoms with E-state index in [1.165, 1.54) is 12.4 Å². The lowest BCUT2D eigenvalue weighted by molar-refractivity contribution is 0.0196. The SMILES string of the molecule is CC1(O)CCC(Nc2cc(Nc3ccnc(-c4cnn(S(=O)(=O)C5CC5)c4)n3)ncc2-c2cnc(N3CCOCC3)cn2)CC1. The second-order valence-corrected chi connectivity index (χ2v) is 14.2. The number of aliphatic hydroxyl groups is 1. The summed E-state index contributed by atoms with van der Waals surface area (Å²) in [4.78, 5) is 25.2. The predicted octanol–water partition coefficient (Wildman–Crippen LogP) is 3.22. The Morgan fingerprint density at radius 1 is 0.978 bits per heavy atom. The Morgan fingerprint density at radius 2 is 1.78 bits per heavy atom. The number of pyridine rings is 1. The van der Waals surface area contributed by atoms with Crippen molar-refractivity contribution >= 4 is 33.2 Å². The second kappa shape index (κ2) is 11.9. The molecule has 0 amide bonds. The molecule has 7 rings (SSSR count). The molecule has 4 aromatic heterocycles. The van der Waals surface area contributed by atoms with Crippen molar-refractivity contribution in [1.29, 1.82) is 0 Å². The minimum absolute atomic E-state index is 0.175. The summed E-state index contributed by atoms with van der Waals surface area (Å²) in [5.41, 5.74) is 2.20. The summed E-state index contributed by atoms with van der Waals surface area (Å²) in [5, 5.41) is 21.1. The van der Waals surface area contributed by atoms with Crippen LogP contribution in [0.5, 0.6) is 0 Å². The summed E-state index contributed by atoms with van der Waals surface area (Å²) in [6, 6.07) is 3.81. The largest absolute Gasteiger partial charge is 0.390 e. The zero-order chi connectivity index (χ0) is 31.0. The van der Waals surface area contributed by atoms with Crippen molar-refractivity contribution in [1.82, 2.24) is 34.1 Å². The van der Waals surface area contributed by atoms with Gasteiger partial charge in [-0.25, -0.2) is 28.4 Å². The number of ether oxygens (including phenoxy) is 1. The van der Waals surface area contributed by atoms with Gasteiger partial charge in [-0.3, -0.25) is 4.98 Å². The normalized spacial score (nSPS) is 22.3. The maximum atomic E-state index is 12.6. The van der Waals surface area contributed by atoms with E-state index < -0.39 is 15.6 Å². The second-order valence-electron chi connectivity index (χ2n) is 12.1. The fourth-order valence-corrected chi connectivity index (χ4v) is 7.12. The summed E-state index contributed by atoms with van der Waals surface area (Å²) in [6.45, 7) is 4.79. The Balaban J connectivity index is 1.14. The molecule has 1 saturated heterocycles. The van der Waals surface area contributed by atoms with Crippen LogP contribution in [0.4, 0.5) is 23.1 Å². The van der Waals surface area contributed by atoms with Gasteiger partial charge in [0.15, 0.2) is 5.82 Å². The molecular formula is C30H36N10O4S. The summed E-state index contributed by atoms with van der Waals surface area (Å²) in [7, 11) is -3.48. The van der Waals surface area contributed by atoms with E-state index >= 15 is 0 Å². The van der Waals surface area contributed by atoms with Crippen LogP contribution in [-0.4, -0.2) is 90.8 Å². The summed E-state index contributed by atoms with van der Waals surface area (Å²) in [6.07, 6.45) is 14.2. The Bertz CT molecular complexity index is 1760. The van der Waals surface area contributed by atoms with E-state index in [1.807, 2.05) is 13.0 Å². The quantitative estimate of drug-likeness (QED) is 0.246. The molecular weight excluding hydrogens is 596 g/mol. The lowest BCUT2D eigenvalue weighted by atomic mass is 9.83. The Morgan fingerprint density at radius 3 is 2.51 bits per heavy atom. The predicted molar refractivity (Wildman–Crippen MR) is 169 cm³/mol. The van der Waals surface area contributed by atoms with Crippen LogP contribution in [0.2, 0.25) is 0 Å². The highest BCUT2D eigenvalue weighted by Crippen LogP contribution is 2.34. The van der Waals surface area contributed by atoms with E-state index in [-0.39, 0.29) is 11.3 Å². The van der Waals surface area contributed by atoms with Gasteiger partial charge >= 0.3 is 0 Å². The third kappa shape index (κ3) is 6.60. The monoisotopic (exact) mass is 632 g/mol. The molecule has 0 aromatic carbocycles.